The Morgan fingerprint density at radius 3 is 2.43 bits per heavy atom. The summed E-state index contributed by atoms with van der Waals surface area (Å²) < 4.78 is 15.7. The summed E-state index contributed by atoms with van der Waals surface area (Å²) >= 11 is 0. The number of carbonyl (C=O) groups excluding carboxylic acids is 1. The van der Waals surface area contributed by atoms with Crippen molar-refractivity contribution in [3.63, 3.8) is 0 Å². The van der Waals surface area contributed by atoms with E-state index in [1.165, 1.54) is 0 Å². The Bertz CT molecular complexity index is 211. The maximum Gasteiger partial charge on any atom is 0.407 e. The number of nitrogens with one attached hydrogen (secondary N) is 1. The van der Waals surface area contributed by atoms with E-state index in [0.29, 0.717) is 18.7 Å². The van der Waals surface area contributed by atoms with Crippen LogP contribution in [0, 0.1) is 0 Å². The molecule has 0 spiro atoms. The second-order valence-electron chi connectivity index (χ2n) is 4.06. The van der Waals surface area contributed by atoms with E-state index in [9.17, 15) is 9.00 Å². The van der Waals surface area contributed by atoms with E-state index < -0.39 is 22.5 Å². The number of rotatable bonds is 4. The van der Waals surface area contributed by atoms with Gasteiger partial charge in [0.25, 0.3) is 0 Å². The van der Waals surface area contributed by atoms with Gasteiger partial charge in [0.15, 0.2) is 0 Å². The third-order valence-electron chi connectivity index (χ3n) is 1.28. The molecule has 0 rings (SSSR count). The van der Waals surface area contributed by atoms with Gasteiger partial charge in [-0.2, -0.15) is 0 Å². The molecule has 1 unspecified atom stereocenters. The first-order valence-electron chi connectivity index (χ1n) is 4.58. The van der Waals surface area contributed by atoms with Crippen LogP contribution in [-0.2, 0) is 15.5 Å². The van der Waals surface area contributed by atoms with E-state index in [0.717, 1.165) is 0 Å². The molecule has 84 valence electrons. The van der Waals surface area contributed by atoms with Crippen LogP contribution in [0.5, 0.6) is 0 Å². The predicted molar refractivity (Wildman–Crippen MR) is 57.8 cm³/mol. The summed E-state index contributed by atoms with van der Waals surface area (Å²) in [7, 11) is -0.791. The highest BCUT2D eigenvalue weighted by Gasteiger charge is 2.15. The first kappa shape index (κ1) is 13.4. The van der Waals surface area contributed by atoms with Crippen molar-refractivity contribution < 1.29 is 13.7 Å². The topological polar surface area (TPSA) is 55.4 Å². The molecule has 14 heavy (non-hydrogen) atoms. The standard InChI is InChI=1S/C9H19NO3S/c1-9(2,3)13-8(11)10-6-5-7-14(4)12/h5-7H2,1-4H3,(H,10,11). The number of hydrogen-bond acceptors (Lipinski definition) is 3. The zero-order valence-electron chi connectivity index (χ0n) is 9.25. The monoisotopic (exact) mass is 221 g/mol. The summed E-state index contributed by atoms with van der Waals surface area (Å²) in [5.41, 5.74) is -0.461. The van der Waals surface area contributed by atoms with E-state index in [1.807, 2.05) is 20.8 Å². The van der Waals surface area contributed by atoms with Gasteiger partial charge in [-0.25, -0.2) is 4.79 Å². The summed E-state index contributed by atoms with van der Waals surface area (Å²) in [5.74, 6) is 0.607. The average molecular weight is 221 g/mol. The molecule has 0 saturated carbocycles. The molecule has 0 heterocycles. The molecule has 0 aromatic rings. The third-order valence-corrected chi connectivity index (χ3v) is 2.14. The molecule has 1 N–H and O–H groups in total. The zero-order chi connectivity index (χ0) is 11.2. The maximum absolute atomic E-state index is 11.1. The van der Waals surface area contributed by atoms with Gasteiger partial charge in [-0.1, -0.05) is 0 Å². The zero-order valence-corrected chi connectivity index (χ0v) is 10.1. The third kappa shape index (κ3) is 9.51. The normalized spacial score (nSPS) is 13.4. The lowest BCUT2D eigenvalue weighted by Crippen LogP contribution is -2.33. The van der Waals surface area contributed by atoms with E-state index in [1.54, 1.807) is 6.26 Å². The van der Waals surface area contributed by atoms with Crippen molar-refractivity contribution in [2.45, 2.75) is 32.8 Å². The quantitative estimate of drug-likeness (QED) is 0.728. The number of carbonyl (C=O) groups is 1. The lowest BCUT2D eigenvalue weighted by Gasteiger charge is -2.19. The van der Waals surface area contributed by atoms with Crippen LogP contribution in [0.1, 0.15) is 27.2 Å². The summed E-state index contributed by atoms with van der Waals surface area (Å²) in [6.45, 7) is 5.95. The van der Waals surface area contributed by atoms with E-state index in [-0.39, 0.29) is 0 Å². The fraction of sp³-hybridized carbons (Fsp3) is 0.889. The highest BCUT2D eigenvalue weighted by Crippen LogP contribution is 2.06. The highest BCUT2D eigenvalue weighted by atomic mass is 32.2. The van der Waals surface area contributed by atoms with Crippen molar-refractivity contribution >= 4 is 16.9 Å². The van der Waals surface area contributed by atoms with Crippen molar-refractivity contribution in [3.8, 4) is 0 Å². The lowest BCUT2D eigenvalue weighted by atomic mass is 10.2. The number of ether oxygens (including phenoxy) is 1. The first-order valence-corrected chi connectivity index (χ1v) is 6.31. The minimum atomic E-state index is -0.791. The van der Waals surface area contributed by atoms with Gasteiger partial charge in [-0.05, 0) is 27.2 Å². The van der Waals surface area contributed by atoms with Crippen LogP contribution in [-0.4, -0.2) is 34.5 Å². The summed E-state index contributed by atoms with van der Waals surface area (Å²) in [6.07, 6.45) is 1.94. The second kappa shape index (κ2) is 6.01. The molecule has 1 atom stereocenters. The Morgan fingerprint density at radius 2 is 2.00 bits per heavy atom. The van der Waals surface area contributed by atoms with Gasteiger partial charge in [-0.3, -0.25) is 4.21 Å². The molecule has 0 aliphatic heterocycles. The molecule has 0 aliphatic carbocycles. The van der Waals surface area contributed by atoms with Crippen LogP contribution in [0.15, 0.2) is 0 Å². The van der Waals surface area contributed by atoms with E-state index in [2.05, 4.69) is 5.32 Å². The molecule has 0 radical (unpaired) electrons. The fourth-order valence-corrected chi connectivity index (χ4v) is 1.33. The molecule has 4 nitrogen and oxygen atoms in total. The molecule has 1 amide bonds. The van der Waals surface area contributed by atoms with Crippen molar-refractivity contribution in [1.29, 1.82) is 0 Å². The van der Waals surface area contributed by atoms with Crippen molar-refractivity contribution in [2.75, 3.05) is 18.6 Å². The minimum absolute atomic E-state index is 0.417. The van der Waals surface area contributed by atoms with Gasteiger partial charge in [0, 0.05) is 29.4 Å². The smallest absolute Gasteiger partial charge is 0.407 e. The van der Waals surface area contributed by atoms with Crippen LogP contribution in [0.25, 0.3) is 0 Å². The van der Waals surface area contributed by atoms with E-state index >= 15 is 0 Å². The predicted octanol–water partition coefficient (Wildman–Crippen LogP) is 1.28. The maximum atomic E-state index is 11.1. The first-order chi connectivity index (χ1) is 6.31. The van der Waals surface area contributed by atoms with Crippen molar-refractivity contribution in [2.24, 2.45) is 0 Å². The SMILES string of the molecule is CS(=O)CCCNC(=O)OC(C)(C)C. The second-order valence-corrected chi connectivity index (χ2v) is 5.61. The Balaban J connectivity index is 3.50. The van der Waals surface area contributed by atoms with Crippen molar-refractivity contribution in [1.82, 2.24) is 5.32 Å². The van der Waals surface area contributed by atoms with Crippen LogP contribution in [0.2, 0.25) is 0 Å². The molecule has 5 heteroatoms. The average Bonchev–Trinajstić information content (AvgIpc) is 1.94. The van der Waals surface area contributed by atoms with Gasteiger partial charge >= 0.3 is 6.09 Å². The Hall–Kier alpha value is -0.580. The Morgan fingerprint density at radius 1 is 1.43 bits per heavy atom. The van der Waals surface area contributed by atoms with Gasteiger partial charge in [0.1, 0.15) is 5.60 Å². The van der Waals surface area contributed by atoms with Crippen molar-refractivity contribution in [3.05, 3.63) is 0 Å². The fourth-order valence-electron chi connectivity index (χ4n) is 0.780. The molecule has 0 bridgehead atoms. The van der Waals surface area contributed by atoms with Crippen LogP contribution >= 0.6 is 0 Å². The number of hydrogen-bond donors (Lipinski definition) is 1. The molecule has 0 saturated heterocycles. The Labute approximate surface area is 87.9 Å². The van der Waals surface area contributed by atoms with Crippen LogP contribution in [0.3, 0.4) is 0 Å². The van der Waals surface area contributed by atoms with Crippen LogP contribution < -0.4 is 5.32 Å². The summed E-state index contributed by atoms with van der Waals surface area (Å²) in [5, 5.41) is 2.60. The van der Waals surface area contributed by atoms with Gasteiger partial charge in [0.2, 0.25) is 0 Å². The van der Waals surface area contributed by atoms with Crippen LogP contribution in [0.4, 0.5) is 4.79 Å². The minimum Gasteiger partial charge on any atom is -0.444 e. The Kier molecular flexibility index (Phi) is 5.76. The summed E-state index contributed by atoms with van der Waals surface area (Å²) in [6, 6.07) is 0. The molecule has 0 aromatic carbocycles. The molecule has 0 fully saturated rings. The van der Waals surface area contributed by atoms with E-state index in [4.69, 9.17) is 4.74 Å². The number of amides is 1. The molecule has 0 aromatic heterocycles. The summed E-state index contributed by atoms with van der Waals surface area (Å²) in [4.78, 5) is 11.1. The molecular weight excluding hydrogens is 202 g/mol. The number of alkyl carbamates (subject to hydrolysis) is 1. The van der Waals surface area contributed by atoms with Gasteiger partial charge < -0.3 is 10.1 Å². The highest BCUT2D eigenvalue weighted by molar-refractivity contribution is 7.84. The molecular formula is C9H19NO3S. The van der Waals surface area contributed by atoms with Gasteiger partial charge in [-0.15, -0.1) is 0 Å². The molecule has 0 aliphatic rings. The van der Waals surface area contributed by atoms with Gasteiger partial charge in [0.05, 0.1) is 0 Å². The lowest BCUT2D eigenvalue weighted by molar-refractivity contribution is 0.0528. The largest absolute Gasteiger partial charge is 0.444 e.